The Hall–Kier alpha value is -3.35. The predicted octanol–water partition coefficient (Wildman–Crippen LogP) is -0.556. The smallest absolute Gasteiger partial charge is 0.276 e. The van der Waals surface area contributed by atoms with Crippen LogP contribution in [0.4, 0.5) is 0 Å². The maximum atomic E-state index is 12.4. The standard InChI is InChI=1S/C22H27N7O5/c1-32-19-3-2-16-21(25-19)29(20(31)11-24-16)5-4-28-12-14(17(30)13-28)9-23-10-15-8-18-22(27-26-15)34-7-6-33-18/h2-3,8,11,14,17,23,30H,4-7,9-10,12-13H2,1H3/t14-,17+/m0/s1. The number of hydrogen-bond donors (Lipinski definition) is 2. The molecule has 2 N–H and O–H groups in total. The van der Waals surface area contributed by atoms with E-state index >= 15 is 0 Å². The van der Waals surface area contributed by atoms with Crippen LogP contribution >= 0.6 is 0 Å². The second-order valence-corrected chi connectivity index (χ2v) is 8.36. The fraction of sp³-hybridized carbons (Fsp3) is 0.500. The van der Waals surface area contributed by atoms with Gasteiger partial charge < -0.3 is 24.6 Å². The Bertz CT molecular complexity index is 1220. The number of ether oxygens (including phenoxy) is 3. The molecule has 2 aliphatic heterocycles. The van der Waals surface area contributed by atoms with E-state index in [9.17, 15) is 9.90 Å². The van der Waals surface area contributed by atoms with Crippen molar-refractivity contribution >= 4 is 11.2 Å². The third-order valence-corrected chi connectivity index (χ3v) is 6.07. The SMILES string of the molecule is COc1ccc2ncc(=O)n(CCN3C[C@H](CNCc4cc5c(nn4)OCCO5)[C@H](O)C3)c2n1. The second-order valence-electron chi connectivity index (χ2n) is 8.36. The molecule has 2 atom stereocenters. The van der Waals surface area contributed by atoms with E-state index in [1.54, 1.807) is 16.7 Å². The summed E-state index contributed by atoms with van der Waals surface area (Å²) >= 11 is 0. The molecule has 1 saturated heterocycles. The van der Waals surface area contributed by atoms with Gasteiger partial charge in [-0.2, -0.15) is 10.1 Å². The van der Waals surface area contributed by atoms with Crippen LogP contribution in [0, 0.1) is 5.92 Å². The van der Waals surface area contributed by atoms with Crippen molar-refractivity contribution in [1.29, 1.82) is 0 Å². The third kappa shape index (κ3) is 4.79. The van der Waals surface area contributed by atoms with E-state index in [1.807, 2.05) is 6.07 Å². The van der Waals surface area contributed by atoms with Crippen LogP contribution < -0.4 is 25.1 Å². The van der Waals surface area contributed by atoms with Crippen LogP contribution in [0.3, 0.4) is 0 Å². The Morgan fingerprint density at radius 1 is 1.21 bits per heavy atom. The van der Waals surface area contributed by atoms with Gasteiger partial charge in [0.15, 0.2) is 11.4 Å². The van der Waals surface area contributed by atoms with E-state index in [0.29, 0.717) is 74.6 Å². The molecule has 5 rings (SSSR count). The summed E-state index contributed by atoms with van der Waals surface area (Å²) in [6.07, 6.45) is 0.853. The quantitative estimate of drug-likeness (QED) is 0.439. The number of aromatic nitrogens is 5. The number of aliphatic hydroxyl groups is 1. The lowest BCUT2D eigenvalue weighted by Crippen LogP contribution is -2.31. The highest BCUT2D eigenvalue weighted by Gasteiger charge is 2.30. The first kappa shape index (κ1) is 22.4. The zero-order valence-corrected chi connectivity index (χ0v) is 18.9. The molecule has 0 amide bonds. The largest absolute Gasteiger partial charge is 0.484 e. The number of aliphatic hydroxyl groups excluding tert-OH is 1. The molecule has 3 aromatic rings. The highest BCUT2D eigenvalue weighted by Crippen LogP contribution is 2.26. The lowest BCUT2D eigenvalue weighted by atomic mass is 10.1. The van der Waals surface area contributed by atoms with Crippen molar-refractivity contribution in [1.82, 2.24) is 34.9 Å². The molecule has 180 valence electrons. The number of β-amino-alcohol motifs (C(OH)–C–C–N with tert-alkyl or cyclic N) is 1. The minimum absolute atomic E-state index is 0.0642. The van der Waals surface area contributed by atoms with Crippen LogP contribution in [-0.2, 0) is 13.1 Å². The molecule has 5 heterocycles. The van der Waals surface area contributed by atoms with Crippen molar-refractivity contribution < 1.29 is 19.3 Å². The minimum atomic E-state index is -0.456. The molecule has 0 aromatic carbocycles. The van der Waals surface area contributed by atoms with E-state index in [4.69, 9.17) is 14.2 Å². The first-order chi connectivity index (χ1) is 16.6. The normalized spacial score (nSPS) is 20.1. The maximum Gasteiger partial charge on any atom is 0.276 e. The minimum Gasteiger partial charge on any atom is -0.484 e. The van der Waals surface area contributed by atoms with Gasteiger partial charge in [0.1, 0.15) is 18.7 Å². The summed E-state index contributed by atoms with van der Waals surface area (Å²) < 4.78 is 17.7. The molecule has 0 bridgehead atoms. The Labute approximate surface area is 195 Å². The first-order valence-electron chi connectivity index (χ1n) is 11.2. The molecule has 0 spiro atoms. The number of pyridine rings is 1. The fourth-order valence-corrected chi connectivity index (χ4v) is 4.28. The average Bonchev–Trinajstić information content (AvgIpc) is 3.22. The van der Waals surface area contributed by atoms with Crippen LogP contribution in [0.25, 0.3) is 11.2 Å². The van der Waals surface area contributed by atoms with Gasteiger partial charge in [-0.1, -0.05) is 0 Å². The van der Waals surface area contributed by atoms with Gasteiger partial charge >= 0.3 is 0 Å². The number of fused-ring (bicyclic) bond motifs is 2. The van der Waals surface area contributed by atoms with E-state index in [1.165, 1.54) is 13.3 Å². The number of rotatable bonds is 8. The Balaban J connectivity index is 1.16. The van der Waals surface area contributed by atoms with Gasteiger partial charge in [0, 0.05) is 57.3 Å². The lowest BCUT2D eigenvalue weighted by Gasteiger charge is -2.18. The molecule has 0 saturated carbocycles. The van der Waals surface area contributed by atoms with Crippen molar-refractivity contribution in [2.45, 2.75) is 19.2 Å². The molecule has 12 heteroatoms. The number of nitrogens with zero attached hydrogens (tertiary/aromatic N) is 6. The molecule has 0 radical (unpaired) electrons. The van der Waals surface area contributed by atoms with Crippen LogP contribution in [-0.4, -0.2) is 87.3 Å². The van der Waals surface area contributed by atoms with Crippen molar-refractivity contribution in [2.75, 3.05) is 46.5 Å². The number of likely N-dealkylation sites (tertiary alicyclic amines) is 1. The maximum absolute atomic E-state index is 12.4. The van der Waals surface area contributed by atoms with E-state index in [0.717, 1.165) is 12.2 Å². The van der Waals surface area contributed by atoms with Crippen LogP contribution in [0.15, 0.2) is 29.2 Å². The van der Waals surface area contributed by atoms with Crippen LogP contribution in [0.1, 0.15) is 5.69 Å². The van der Waals surface area contributed by atoms with Crippen LogP contribution in [0.5, 0.6) is 17.5 Å². The van der Waals surface area contributed by atoms with Gasteiger partial charge in [-0.25, -0.2) is 4.98 Å². The van der Waals surface area contributed by atoms with E-state index in [-0.39, 0.29) is 11.5 Å². The summed E-state index contributed by atoms with van der Waals surface area (Å²) in [6, 6.07) is 5.32. The van der Waals surface area contributed by atoms with E-state index < -0.39 is 6.10 Å². The fourth-order valence-electron chi connectivity index (χ4n) is 4.28. The van der Waals surface area contributed by atoms with Crippen molar-refractivity contribution in [3.63, 3.8) is 0 Å². The molecule has 12 nitrogen and oxygen atoms in total. The first-order valence-corrected chi connectivity index (χ1v) is 11.2. The summed E-state index contributed by atoms with van der Waals surface area (Å²) in [7, 11) is 1.53. The highest BCUT2D eigenvalue weighted by atomic mass is 16.6. The lowest BCUT2D eigenvalue weighted by molar-refractivity contribution is 0.140. The molecule has 34 heavy (non-hydrogen) atoms. The zero-order chi connectivity index (χ0) is 23.5. The van der Waals surface area contributed by atoms with Gasteiger partial charge in [-0.05, 0) is 6.07 Å². The number of methoxy groups -OCH3 is 1. The van der Waals surface area contributed by atoms with Gasteiger partial charge in [0.2, 0.25) is 5.88 Å². The van der Waals surface area contributed by atoms with E-state index in [2.05, 4.69) is 30.4 Å². The molecule has 0 aliphatic carbocycles. The average molecular weight is 470 g/mol. The number of nitrogens with one attached hydrogen (secondary N) is 1. The summed E-state index contributed by atoms with van der Waals surface area (Å²) in [6.45, 7) is 4.44. The van der Waals surface area contributed by atoms with Gasteiger partial charge in [0.25, 0.3) is 11.4 Å². The predicted molar refractivity (Wildman–Crippen MR) is 121 cm³/mol. The summed E-state index contributed by atoms with van der Waals surface area (Å²) in [5.74, 6) is 1.52. The van der Waals surface area contributed by atoms with Crippen molar-refractivity contribution in [2.24, 2.45) is 5.92 Å². The summed E-state index contributed by atoms with van der Waals surface area (Å²) in [4.78, 5) is 23.2. The highest BCUT2D eigenvalue weighted by molar-refractivity contribution is 5.70. The van der Waals surface area contributed by atoms with Gasteiger partial charge in [-0.3, -0.25) is 14.3 Å². The molecular weight excluding hydrogens is 442 g/mol. The second kappa shape index (κ2) is 9.87. The third-order valence-electron chi connectivity index (χ3n) is 6.07. The molecule has 2 aliphatic rings. The van der Waals surface area contributed by atoms with Gasteiger partial charge in [0.05, 0.1) is 25.1 Å². The molecule has 3 aromatic heterocycles. The Kier molecular flexibility index (Phi) is 6.52. The van der Waals surface area contributed by atoms with Crippen molar-refractivity contribution in [3.05, 3.63) is 40.4 Å². The topological polar surface area (TPSA) is 137 Å². The summed E-state index contributed by atoms with van der Waals surface area (Å²) in [5, 5.41) is 22.1. The molecule has 1 fully saturated rings. The van der Waals surface area contributed by atoms with Gasteiger partial charge in [-0.15, -0.1) is 5.10 Å². The Morgan fingerprint density at radius 3 is 2.97 bits per heavy atom. The van der Waals surface area contributed by atoms with Crippen molar-refractivity contribution in [3.8, 4) is 17.5 Å². The Morgan fingerprint density at radius 2 is 2.09 bits per heavy atom. The summed E-state index contributed by atoms with van der Waals surface area (Å²) in [5.41, 5.74) is 1.66. The molecular formula is C22H27N7O5. The molecule has 0 unspecified atom stereocenters. The monoisotopic (exact) mass is 469 g/mol. The zero-order valence-electron chi connectivity index (χ0n) is 18.9. The number of hydrogen-bond acceptors (Lipinski definition) is 11. The van der Waals surface area contributed by atoms with Crippen LogP contribution in [0.2, 0.25) is 0 Å².